The first-order chi connectivity index (χ1) is 3.27. The second kappa shape index (κ2) is 4.09. The number of rotatable bonds is 3. The van der Waals surface area contributed by atoms with E-state index < -0.39 is 9.04 Å². The fourth-order valence-corrected chi connectivity index (χ4v) is 0.781. The van der Waals surface area contributed by atoms with Gasteiger partial charge in [0.05, 0.1) is 6.61 Å². The fourth-order valence-electron chi connectivity index (χ4n) is 0.260. The molecule has 0 aliphatic rings. The summed E-state index contributed by atoms with van der Waals surface area (Å²) in [6, 6.07) is 0. The van der Waals surface area contributed by atoms with Crippen LogP contribution >= 0.6 is 0 Å². The summed E-state index contributed by atoms with van der Waals surface area (Å²) in [5.41, 5.74) is 0. The standard InChI is InChI=1S/C5H12OSi.H/c1-4-5-6-7(2)3;/h4,7H,1,5H2,2-3H3;. The molecule has 0 aromatic heterocycles. The van der Waals surface area contributed by atoms with Crippen molar-refractivity contribution in [1.82, 2.24) is 0 Å². The lowest BCUT2D eigenvalue weighted by Crippen LogP contribution is -2.06. The van der Waals surface area contributed by atoms with Crippen LogP contribution in [0.1, 0.15) is 1.43 Å². The summed E-state index contributed by atoms with van der Waals surface area (Å²) in [7, 11) is -0.759. The van der Waals surface area contributed by atoms with Gasteiger partial charge in [-0.2, -0.15) is 0 Å². The minimum absolute atomic E-state index is 0. The smallest absolute Gasteiger partial charge is 0.171 e. The van der Waals surface area contributed by atoms with E-state index in [1.54, 1.807) is 6.08 Å². The van der Waals surface area contributed by atoms with E-state index >= 15 is 0 Å². The minimum atomic E-state index is -0.759. The SMILES string of the molecule is C=CCO[SiH](C)C.[H]. The largest absolute Gasteiger partial charge is 0.417 e. The second-order valence-electron chi connectivity index (χ2n) is 1.67. The highest BCUT2D eigenvalue weighted by atomic mass is 28.3. The molecule has 0 N–H and O–H groups in total. The molecular weight excluding hydrogens is 104 g/mol. The van der Waals surface area contributed by atoms with E-state index in [1.807, 2.05) is 0 Å². The maximum absolute atomic E-state index is 5.21. The van der Waals surface area contributed by atoms with Gasteiger partial charge in [-0.25, -0.2) is 0 Å². The van der Waals surface area contributed by atoms with Crippen LogP contribution in [0, 0.1) is 0 Å². The van der Waals surface area contributed by atoms with Crippen LogP contribution in [-0.4, -0.2) is 15.6 Å². The Bertz CT molecular complexity index is 56.4. The Morgan fingerprint density at radius 1 is 1.86 bits per heavy atom. The Morgan fingerprint density at radius 3 is 2.57 bits per heavy atom. The van der Waals surface area contributed by atoms with Gasteiger partial charge in [0, 0.05) is 1.43 Å². The zero-order valence-corrected chi connectivity index (χ0v) is 6.13. The summed E-state index contributed by atoms with van der Waals surface area (Å²) in [5, 5.41) is 0. The zero-order valence-electron chi connectivity index (χ0n) is 5.98. The van der Waals surface area contributed by atoms with E-state index in [0.29, 0.717) is 0 Å². The third-order valence-corrected chi connectivity index (χ3v) is 1.41. The van der Waals surface area contributed by atoms with Crippen molar-refractivity contribution in [3.05, 3.63) is 12.7 Å². The normalized spacial score (nSPS) is 9.57. The second-order valence-corrected chi connectivity index (χ2v) is 4.10. The Balaban J connectivity index is 0. The van der Waals surface area contributed by atoms with Crippen LogP contribution in [0.15, 0.2) is 12.7 Å². The van der Waals surface area contributed by atoms with Gasteiger partial charge in [-0.15, -0.1) is 6.58 Å². The van der Waals surface area contributed by atoms with Gasteiger partial charge in [0.25, 0.3) is 0 Å². The Hall–Kier alpha value is -0.0831. The van der Waals surface area contributed by atoms with Crippen molar-refractivity contribution in [2.45, 2.75) is 13.1 Å². The van der Waals surface area contributed by atoms with Crippen LogP contribution < -0.4 is 0 Å². The van der Waals surface area contributed by atoms with Gasteiger partial charge < -0.3 is 4.43 Å². The quantitative estimate of drug-likeness (QED) is 0.400. The molecule has 0 bridgehead atoms. The average molecular weight is 117 g/mol. The van der Waals surface area contributed by atoms with Gasteiger partial charge in [0.2, 0.25) is 0 Å². The predicted molar refractivity (Wildman–Crippen MR) is 36.1 cm³/mol. The minimum Gasteiger partial charge on any atom is -0.417 e. The van der Waals surface area contributed by atoms with Crippen molar-refractivity contribution in [3.8, 4) is 0 Å². The summed E-state index contributed by atoms with van der Waals surface area (Å²) in [6.45, 7) is 8.54. The molecule has 0 fully saturated rings. The van der Waals surface area contributed by atoms with Crippen LogP contribution in [0.5, 0.6) is 0 Å². The first-order valence-corrected chi connectivity index (χ1v) is 5.28. The third kappa shape index (κ3) is 5.92. The zero-order chi connectivity index (χ0) is 5.70. The summed E-state index contributed by atoms with van der Waals surface area (Å²) in [5.74, 6) is 0. The molecule has 43 valence electrons. The van der Waals surface area contributed by atoms with Crippen LogP contribution in [0.25, 0.3) is 0 Å². The summed E-state index contributed by atoms with van der Waals surface area (Å²) >= 11 is 0. The van der Waals surface area contributed by atoms with Crippen LogP contribution in [0.3, 0.4) is 0 Å². The molecule has 0 atom stereocenters. The van der Waals surface area contributed by atoms with E-state index in [4.69, 9.17) is 4.43 Å². The molecule has 1 nitrogen and oxygen atoms in total. The van der Waals surface area contributed by atoms with Crippen molar-refractivity contribution >= 4 is 9.04 Å². The maximum Gasteiger partial charge on any atom is 0.171 e. The first kappa shape index (κ1) is 6.92. The highest BCUT2D eigenvalue weighted by Gasteiger charge is 1.88. The van der Waals surface area contributed by atoms with Crippen molar-refractivity contribution in [3.63, 3.8) is 0 Å². The third-order valence-electron chi connectivity index (χ3n) is 0.547. The topological polar surface area (TPSA) is 9.23 Å². The van der Waals surface area contributed by atoms with Gasteiger partial charge in [-0.05, 0) is 13.1 Å². The Kier molecular flexibility index (Phi) is 4.04. The maximum atomic E-state index is 5.21. The molecule has 0 unspecified atom stereocenters. The van der Waals surface area contributed by atoms with Crippen LogP contribution in [0.4, 0.5) is 0 Å². The molecule has 1 radical (unpaired) electrons. The average Bonchev–Trinajstić information content (AvgIpc) is 1.61. The molecule has 0 aromatic rings. The lowest BCUT2D eigenvalue weighted by molar-refractivity contribution is 0.375. The van der Waals surface area contributed by atoms with Crippen LogP contribution in [-0.2, 0) is 4.43 Å². The molecule has 0 aliphatic heterocycles. The van der Waals surface area contributed by atoms with Gasteiger partial charge >= 0.3 is 0 Å². The Morgan fingerprint density at radius 2 is 2.43 bits per heavy atom. The van der Waals surface area contributed by atoms with E-state index in [-0.39, 0.29) is 1.43 Å². The highest BCUT2D eigenvalue weighted by molar-refractivity contribution is 6.48. The lowest BCUT2D eigenvalue weighted by atomic mass is 10.7. The first-order valence-electron chi connectivity index (χ1n) is 2.50. The molecule has 0 amide bonds. The van der Waals surface area contributed by atoms with Crippen molar-refractivity contribution < 1.29 is 5.85 Å². The molecule has 0 saturated heterocycles. The molecule has 0 aromatic carbocycles. The summed E-state index contributed by atoms with van der Waals surface area (Å²) < 4.78 is 5.21. The molecule has 0 heterocycles. The van der Waals surface area contributed by atoms with Crippen molar-refractivity contribution in [2.24, 2.45) is 0 Å². The monoisotopic (exact) mass is 117 g/mol. The molecule has 0 saturated carbocycles. The van der Waals surface area contributed by atoms with Gasteiger partial charge in [0.1, 0.15) is 0 Å². The molecular formula is C5H13OSi. The van der Waals surface area contributed by atoms with Crippen molar-refractivity contribution in [2.75, 3.05) is 6.61 Å². The number of hydrogen-bond donors (Lipinski definition) is 0. The fraction of sp³-hybridized carbons (Fsp3) is 0.600. The molecule has 7 heavy (non-hydrogen) atoms. The van der Waals surface area contributed by atoms with E-state index in [9.17, 15) is 0 Å². The predicted octanol–water partition coefficient (Wildman–Crippen LogP) is 1.28. The lowest BCUT2D eigenvalue weighted by Gasteiger charge is -1.99. The molecule has 0 rings (SSSR count). The van der Waals surface area contributed by atoms with E-state index in [1.165, 1.54) is 0 Å². The highest BCUT2D eigenvalue weighted by Crippen LogP contribution is 1.81. The van der Waals surface area contributed by atoms with Crippen LogP contribution in [0.2, 0.25) is 13.1 Å². The number of hydrogen-bond acceptors (Lipinski definition) is 1. The summed E-state index contributed by atoms with van der Waals surface area (Å²) in [4.78, 5) is 0. The van der Waals surface area contributed by atoms with E-state index in [2.05, 4.69) is 19.7 Å². The van der Waals surface area contributed by atoms with Gasteiger partial charge in [-0.1, -0.05) is 6.08 Å². The molecule has 0 aliphatic carbocycles. The van der Waals surface area contributed by atoms with Gasteiger partial charge in [-0.3, -0.25) is 0 Å². The Labute approximate surface area is 48.2 Å². The summed E-state index contributed by atoms with van der Waals surface area (Å²) in [6.07, 6.45) is 1.78. The van der Waals surface area contributed by atoms with E-state index in [0.717, 1.165) is 6.61 Å². The molecule has 0 spiro atoms. The molecule has 2 heteroatoms. The van der Waals surface area contributed by atoms with Gasteiger partial charge in [0.15, 0.2) is 9.04 Å². The van der Waals surface area contributed by atoms with Crippen molar-refractivity contribution in [1.29, 1.82) is 0 Å².